The predicted molar refractivity (Wildman–Crippen MR) is 65.7 cm³/mol. The summed E-state index contributed by atoms with van der Waals surface area (Å²) in [5.41, 5.74) is 0. The van der Waals surface area contributed by atoms with Gasteiger partial charge in [0.1, 0.15) is 0 Å². The Morgan fingerprint density at radius 3 is 2.25 bits per heavy atom. The Bertz CT molecular complexity index is 599. The molecule has 0 heterocycles. The smallest absolute Gasteiger partial charge is 0.253 e. The number of hydrazine groups is 1. The van der Waals surface area contributed by atoms with Crippen LogP contribution in [0.15, 0.2) is 47.4 Å². The van der Waals surface area contributed by atoms with Crippen LogP contribution >= 0.6 is 12.4 Å². The third-order valence-electron chi connectivity index (χ3n) is 2.19. The lowest BCUT2D eigenvalue weighted by atomic mass is 10.1. The number of benzene rings is 2. The minimum Gasteiger partial charge on any atom is -0.257 e. The number of halogens is 1. The first-order valence-electron chi connectivity index (χ1n) is 4.35. The first-order valence-corrected chi connectivity index (χ1v) is 5.83. The molecule has 0 aromatic heterocycles. The Morgan fingerprint density at radius 1 is 1.00 bits per heavy atom. The van der Waals surface area contributed by atoms with E-state index >= 15 is 0 Å². The maximum Gasteiger partial charge on any atom is 0.253 e. The lowest BCUT2D eigenvalue weighted by Gasteiger charge is -2.03. The van der Waals surface area contributed by atoms with Gasteiger partial charge in [0.2, 0.25) is 0 Å². The van der Waals surface area contributed by atoms with E-state index < -0.39 is 10.0 Å². The third kappa shape index (κ3) is 2.33. The lowest BCUT2D eigenvalue weighted by molar-refractivity contribution is 0.584. The summed E-state index contributed by atoms with van der Waals surface area (Å²) in [5.74, 6) is 4.94. The number of rotatable bonds is 2. The van der Waals surface area contributed by atoms with E-state index in [0.717, 1.165) is 10.8 Å². The van der Waals surface area contributed by atoms with E-state index in [4.69, 9.17) is 5.84 Å². The van der Waals surface area contributed by atoms with Crippen LogP contribution in [0.4, 0.5) is 0 Å². The van der Waals surface area contributed by atoms with Crippen molar-refractivity contribution >= 4 is 33.2 Å². The average Bonchev–Trinajstić information content (AvgIpc) is 2.28. The molecule has 2 aromatic carbocycles. The van der Waals surface area contributed by atoms with E-state index in [1.807, 2.05) is 24.3 Å². The summed E-state index contributed by atoms with van der Waals surface area (Å²) in [6.45, 7) is 0. The molecule has 86 valence electrons. The van der Waals surface area contributed by atoms with Crippen molar-refractivity contribution in [2.24, 2.45) is 5.84 Å². The minimum absolute atomic E-state index is 0. The van der Waals surface area contributed by atoms with E-state index in [1.165, 1.54) is 6.07 Å². The number of hydrogen-bond acceptors (Lipinski definition) is 3. The zero-order valence-electron chi connectivity index (χ0n) is 8.25. The van der Waals surface area contributed by atoms with Crippen LogP contribution in [0.3, 0.4) is 0 Å². The molecule has 16 heavy (non-hydrogen) atoms. The Hall–Kier alpha value is -1.14. The topological polar surface area (TPSA) is 72.2 Å². The van der Waals surface area contributed by atoms with E-state index in [9.17, 15) is 8.42 Å². The second-order valence-corrected chi connectivity index (χ2v) is 4.84. The Labute approximate surface area is 99.9 Å². The van der Waals surface area contributed by atoms with Gasteiger partial charge in [-0.3, -0.25) is 5.84 Å². The van der Waals surface area contributed by atoms with Crippen LogP contribution in [0, 0.1) is 0 Å². The van der Waals surface area contributed by atoms with Crippen LogP contribution in [0.5, 0.6) is 0 Å². The fourth-order valence-corrected chi connectivity index (χ4v) is 2.07. The molecule has 0 bridgehead atoms. The molecule has 0 fully saturated rings. The number of nitrogens with one attached hydrogen (secondary N) is 1. The molecule has 6 heteroatoms. The molecule has 0 spiro atoms. The van der Waals surface area contributed by atoms with Crippen molar-refractivity contribution in [2.45, 2.75) is 4.90 Å². The van der Waals surface area contributed by atoms with Gasteiger partial charge in [-0.2, -0.15) is 4.83 Å². The van der Waals surface area contributed by atoms with Crippen molar-refractivity contribution in [1.82, 2.24) is 4.83 Å². The number of sulfonamides is 1. The van der Waals surface area contributed by atoms with E-state index in [1.54, 1.807) is 17.0 Å². The molecule has 4 nitrogen and oxygen atoms in total. The van der Waals surface area contributed by atoms with Crippen molar-refractivity contribution < 1.29 is 8.42 Å². The molecule has 2 aromatic rings. The van der Waals surface area contributed by atoms with Crippen molar-refractivity contribution in [2.75, 3.05) is 0 Å². The Kier molecular flexibility index (Phi) is 3.88. The first kappa shape index (κ1) is 12.9. The molecule has 2 rings (SSSR count). The summed E-state index contributed by atoms with van der Waals surface area (Å²) in [7, 11) is -3.56. The normalized spacial score (nSPS) is 11.1. The van der Waals surface area contributed by atoms with Crippen LogP contribution in [-0.4, -0.2) is 8.42 Å². The monoisotopic (exact) mass is 258 g/mol. The summed E-state index contributed by atoms with van der Waals surface area (Å²) in [5, 5.41) is 1.86. The number of fused-ring (bicyclic) bond motifs is 1. The highest BCUT2D eigenvalue weighted by Crippen LogP contribution is 2.18. The number of nitrogens with two attached hydrogens (primary N) is 1. The second kappa shape index (κ2) is 4.80. The number of hydrogen-bond donors (Lipinski definition) is 2. The van der Waals surface area contributed by atoms with Crippen LogP contribution in [0.1, 0.15) is 0 Å². The van der Waals surface area contributed by atoms with Crippen LogP contribution < -0.4 is 10.7 Å². The molecule has 0 aliphatic rings. The summed E-state index contributed by atoms with van der Waals surface area (Å²) in [6.07, 6.45) is 0. The average molecular weight is 259 g/mol. The van der Waals surface area contributed by atoms with Gasteiger partial charge in [0.15, 0.2) is 0 Å². The second-order valence-electron chi connectivity index (χ2n) is 3.13. The van der Waals surface area contributed by atoms with E-state index in [-0.39, 0.29) is 17.3 Å². The molecule has 0 aliphatic heterocycles. The van der Waals surface area contributed by atoms with Gasteiger partial charge in [-0.15, -0.1) is 12.4 Å². The summed E-state index contributed by atoms with van der Waals surface area (Å²) in [6, 6.07) is 12.4. The molecule has 0 radical (unpaired) electrons. The zero-order chi connectivity index (χ0) is 10.9. The fraction of sp³-hybridized carbons (Fsp3) is 0. The molecule has 3 N–H and O–H groups in total. The quantitative estimate of drug-likeness (QED) is 0.632. The Morgan fingerprint density at radius 2 is 1.62 bits per heavy atom. The molecule has 0 amide bonds. The van der Waals surface area contributed by atoms with Gasteiger partial charge in [-0.05, 0) is 22.9 Å². The molecular weight excluding hydrogens is 248 g/mol. The third-order valence-corrected chi connectivity index (χ3v) is 3.37. The summed E-state index contributed by atoms with van der Waals surface area (Å²) >= 11 is 0. The van der Waals surface area contributed by atoms with Gasteiger partial charge in [-0.1, -0.05) is 30.3 Å². The maximum absolute atomic E-state index is 11.4. The SMILES string of the molecule is Cl.NNS(=O)(=O)c1ccc2ccccc2c1. The van der Waals surface area contributed by atoms with Crippen molar-refractivity contribution in [3.63, 3.8) is 0 Å². The molecule has 0 saturated carbocycles. The molecule has 0 aliphatic carbocycles. The van der Waals surface area contributed by atoms with Crippen molar-refractivity contribution in [3.8, 4) is 0 Å². The standard InChI is InChI=1S/C10H10N2O2S.ClH/c11-12-15(13,14)10-6-5-8-3-1-2-4-9(8)7-10;/h1-7,12H,11H2;1H. The highest BCUT2D eigenvalue weighted by atomic mass is 35.5. The lowest BCUT2D eigenvalue weighted by Crippen LogP contribution is -2.30. The summed E-state index contributed by atoms with van der Waals surface area (Å²) in [4.78, 5) is 1.96. The van der Waals surface area contributed by atoms with Gasteiger partial charge in [-0.25, -0.2) is 8.42 Å². The Balaban J connectivity index is 0.00000128. The van der Waals surface area contributed by atoms with Crippen molar-refractivity contribution in [3.05, 3.63) is 42.5 Å². The van der Waals surface area contributed by atoms with Crippen LogP contribution in [0.25, 0.3) is 10.8 Å². The zero-order valence-corrected chi connectivity index (χ0v) is 9.88. The van der Waals surface area contributed by atoms with Crippen molar-refractivity contribution in [1.29, 1.82) is 0 Å². The van der Waals surface area contributed by atoms with E-state index in [2.05, 4.69) is 0 Å². The van der Waals surface area contributed by atoms with Gasteiger partial charge in [0, 0.05) is 0 Å². The molecule has 0 unspecified atom stereocenters. The van der Waals surface area contributed by atoms with Gasteiger partial charge < -0.3 is 0 Å². The molecule has 0 atom stereocenters. The minimum atomic E-state index is -3.56. The van der Waals surface area contributed by atoms with E-state index in [0.29, 0.717) is 0 Å². The molecular formula is C10H11ClN2O2S. The van der Waals surface area contributed by atoms with Crippen LogP contribution in [0.2, 0.25) is 0 Å². The predicted octanol–water partition coefficient (Wildman–Crippen LogP) is 1.41. The molecule has 0 saturated heterocycles. The first-order chi connectivity index (χ1) is 7.13. The summed E-state index contributed by atoms with van der Waals surface area (Å²) < 4.78 is 22.8. The van der Waals surface area contributed by atoms with Gasteiger partial charge in [0.05, 0.1) is 4.90 Å². The van der Waals surface area contributed by atoms with Crippen LogP contribution in [-0.2, 0) is 10.0 Å². The highest BCUT2D eigenvalue weighted by molar-refractivity contribution is 7.89. The largest absolute Gasteiger partial charge is 0.257 e. The maximum atomic E-state index is 11.4. The highest BCUT2D eigenvalue weighted by Gasteiger charge is 2.11. The van der Waals surface area contributed by atoms with Gasteiger partial charge >= 0.3 is 0 Å². The fourth-order valence-electron chi connectivity index (χ4n) is 1.40. The van der Waals surface area contributed by atoms with Gasteiger partial charge in [0.25, 0.3) is 10.0 Å².